The third-order valence-electron chi connectivity index (χ3n) is 3.54. The Bertz CT molecular complexity index is 992. The van der Waals surface area contributed by atoms with Crippen molar-refractivity contribution in [2.24, 2.45) is 0 Å². The number of hydrogen-bond acceptors (Lipinski definition) is 7. The Morgan fingerprint density at radius 2 is 2.04 bits per heavy atom. The van der Waals surface area contributed by atoms with Gasteiger partial charge in [0.25, 0.3) is 5.91 Å². The molecule has 3 aromatic heterocycles. The molecular formula is C16H14N8OS. The summed E-state index contributed by atoms with van der Waals surface area (Å²) in [6.45, 7) is 0.732. The van der Waals surface area contributed by atoms with Crippen LogP contribution in [0.25, 0.3) is 10.6 Å². The Balaban J connectivity index is 1.36. The van der Waals surface area contributed by atoms with E-state index in [1.807, 2.05) is 36.4 Å². The molecule has 4 rings (SSSR count). The fraction of sp³-hybridized carbons (Fsp3) is 0.125. The molecule has 0 spiro atoms. The second-order valence-corrected chi connectivity index (χ2v) is 6.48. The number of aromatic nitrogens is 7. The lowest BCUT2D eigenvalue weighted by molar-refractivity contribution is 0.0945. The number of hydrogen-bond donors (Lipinski definition) is 2. The van der Waals surface area contributed by atoms with E-state index in [0.29, 0.717) is 6.54 Å². The zero-order valence-electron chi connectivity index (χ0n) is 13.5. The molecule has 0 aliphatic rings. The quantitative estimate of drug-likeness (QED) is 0.534. The summed E-state index contributed by atoms with van der Waals surface area (Å²) in [7, 11) is 0. The fourth-order valence-corrected chi connectivity index (χ4v) is 3.08. The lowest BCUT2D eigenvalue weighted by Gasteiger charge is -1.98. The highest BCUT2D eigenvalue weighted by molar-refractivity contribution is 7.14. The highest BCUT2D eigenvalue weighted by Crippen LogP contribution is 2.22. The van der Waals surface area contributed by atoms with Gasteiger partial charge in [-0.05, 0) is 6.07 Å². The van der Waals surface area contributed by atoms with E-state index in [1.165, 1.54) is 11.3 Å². The van der Waals surface area contributed by atoms with Crippen molar-refractivity contribution in [2.75, 3.05) is 0 Å². The summed E-state index contributed by atoms with van der Waals surface area (Å²) in [4.78, 5) is 12.2. The Kier molecular flexibility index (Phi) is 4.48. The minimum Gasteiger partial charge on any atom is -0.344 e. The zero-order chi connectivity index (χ0) is 17.8. The third-order valence-corrected chi connectivity index (χ3v) is 4.51. The number of H-pyrrole nitrogens is 1. The molecule has 3 heterocycles. The first-order chi connectivity index (χ1) is 12.8. The minimum atomic E-state index is -0.310. The van der Waals surface area contributed by atoms with Crippen LogP contribution in [-0.2, 0) is 13.1 Å². The number of amides is 1. The van der Waals surface area contributed by atoms with Gasteiger partial charge < -0.3 is 5.32 Å². The van der Waals surface area contributed by atoms with E-state index in [1.54, 1.807) is 17.1 Å². The number of carbonyl (C=O) groups is 1. The highest BCUT2D eigenvalue weighted by Gasteiger charge is 2.13. The van der Waals surface area contributed by atoms with Gasteiger partial charge >= 0.3 is 0 Å². The van der Waals surface area contributed by atoms with Crippen molar-refractivity contribution in [1.82, 2.24) is 40.7 Å². The van der Waals surface area contributed by atoms with E-state index in [0.717, 1.165) is 21.3 Å². The van der Waals surface area contributed by atoms with Crippen LogP contribution < -0.4 is 5.32 Å². The van der Waals surface area contributed by atoms with Crippen LogP contribution in [-0.4, -0.2) is 41.3 Å². The normalized spacial score (nSPS) is 10.8. The number of benzene rings is 1. The van der Waals surface area contributed by atoms with Crippen molar-refractivity contribution in [3.63, 3.8) is 0 Å². The monoisotopic (exact) mass is 366 g/mol. The number of aromatic amines is 1. The lowest BCUT2D eigenvalue weighted by Crippen LogP contribution is -2.23. The van der Waals surface area contributed by atoms with E-state index in [2.05, 4.69) is 36.0 Å². The molecule has 0 saturated carbocycles. The molecule has 0 fully saturated rings. The predicted octanol–water partition coefficient (Wildman–Crippen LogP) is 1.50. The van der Waals surface area contributed by atoms with Gasteiger partial charge in [0, 0.05) is 11.8 Å². The standard InChI is InChI=1S/C16H14N8OS/c25-15(13-10-24(23-20-13)9-12-6-7-18-19-12)17-8-14-21-22-16(26-14)11-4-2-1-3-5-11/h1-7,10H,8-9H2,(H,17,25)(H,18,19). The average molecular weight is 366 g/mol. The Labute approximate surface area is 152 Å². The molecule has 2 N–H and O–H groups in total. The molecule has 0 bridgehead atoms. The van der Waals surface area contributed by atoms with Crippen molar-refractivity contribution < 1.29 is 4.79 Å². The Hall–Kier alpha value is -3.40. The maximum absolute atomic E-state index is 12.2. The Morgan fingerprint density at radius 3 is 2.85 bits per heavy atom. The second kappa shape index (κ2) is 7.23. The van der Waals surface area contributed by atoms with E-state index in [-0.39, 0.29) is 18.1 Å². The molecule has 0 unspecified atom stereocenters. The van der Waals surface area contributed by atoms with Gasteiger partial charge in [-0.15, -0.1) is 15.3 Å². The molecular weight excluding hydrogens is 352 g/mol. The molecule has 1 aromatic carbocycles. The number of carbonyl (C=O) groups excluding carboxylic acids is 1. The molecule has 130 valence electrons. The van der Waals surface area contributed by atoms with Crippen LogP contribution >= 0.6 is 11.3 Å². The summed E-state index contributed by atoms with van der Waals surface area (Å²) in [6.07, 6.45) is 3.31. The highest BCUT2D eigenvalue weighted by atomic mass is 32.1. The molecule has 0 atom stereocenters. The maximum atomic E-state index is 12.2. The summed E-state index contributed by atoms with van der Waals surface area (Å²) in [5.74, 6) is -0.310. The van der Waals surface area contributed by atoms with E-state index in [4.69, 9.17) is 0 Å². The van der Waals surface area contributed by atoms with E-state index < -0.39 is 0 Å². The van der Waals surface area contributed by atoms with Crippen LogP contribution in [0.2, 0.25) is 0 Å². The van der Waals surface area contributed by atoms with E-state index >= 15 is 0 Å². The largest absolute Gasteiger partial charge is 0.344 e. The molecule has 0 aliphatic heterocycles. The first-order valence-corrected chi connectivity index (χ1v) is 8.64. The van der Waals surface area contributed by atoms with Crippen molar-refractivity contribution in [2.45, 2.75) is 13.1 Å². The maximum Gasteiger partial charge on any atom is 0.273 e. The Morgan fingerprint density at radius 1 is 1.15 bits per heavy atom. The SMILES string of the molecule is O=C(NCc1nnc(-c2ccccc2)s1)c1cn(Cc2cc[nH]n2)nn1. The predicted molar refractivity (Wildman–Crippen MR) is 94.2 cm³/mol. The third kappa shape index (κ3) is 3.64. The summed E-state index contributed by atoms with van der Waals surface area (Å²) in [5, 5.41) is 27.2. The van der Waals surface area contributed by atoms with Crippen LogP contribution in [0.4, 0.5) is 0 Å². The van der Waals surface area contributed by atoms with Gasteiger partial charge in [-0.2, -0.15) is 5.10 Å². The first kappa shape index (κ1) is 16.1. The summed E-state index contributed by atoms with van der Waals surface area (Å²) >= 11 is 1.44. The number of rotatable bonds is 6. The topological polar surface area (TPSA) is 114 Å². The fourth-order valence-electron chi connectivity index (χ4n) is 2.29. The van der Waals surface area contributed by atoms with Crippen molar-refractivity contribution in [3.05, 3.63) is 65.2 Å². The molecule has 0 aliphatic carbocycles. The number of nitrogens with zero attached hydrogens (tertiary/aromatic N) is 6. The summed E-state index contributed by atoms with van der Waals surface area (Å²) in [6, 6.07) is 11.6. The van der Waals surface area contributed by atoms with Crippen molar-refractivity contribution >= 4 is 17.2 Å². The second-order valence-electron chi connectivity index (χ2n) is 5.42. The molecule has 4 aromatic rings. The van der Waals surface area contributed by atoms with Crippen LogP contribution in [0.3, 0.4) is 0 Å². The van der Waals surface area contributed by atoms with Gasteiger partial charge in [0.15, 0.2) is 5.69 Å². The molecule has 9 nitrogen and oxygen atoms in total. The van der Waals surface area contributed by atoms with Crippen LogP contribution in [0.5, 0.6) is 0 Å². The van der Waals surface area contributed by atoms with Crippen LogP contribution in [0.1, 0.15) is 21.2 Å². The van der Waals surface area contributed by atoms with Gasteiger partial charge in [-0.1, -0.05) is 46.9 Å². The smallest absolute Gasteiger partial charge is 0.273 e. The lowest BCUT2D eigenvalue weighted by atomic mass is 10.2. The molecule has 0 radical (unpaired) electrons. The molecule has 0 saturated heterocycles. The average Bonchev–Trinajstić information content (AvgIpc) is 3.43. The number of nitrogens with one attached hydrogen (secondary N) is 2. The summed E-state index contributed by atoms with van der Waals surface area (Å²) < 4.78 is 1.56. The van der Waals surface area contributed by atoms with Gasteiger partial charge in [0.05, 0.1) is 25.0 Å². The van der Waals surface area contributed by atoms with Crippen molar-refractivity contribution in [3.8, 4) is 10.6 Å². The molecule has 10 heteroatoms. The molecule has 26 heavy (non-hydrogen) atoms. The zero-order valence-corrected chi connectivity index (χ0v) is 14.3. The first-order valence-electron chi connectivity index (χ1n) is 7.83. The van der Waals surface area contributed by atoms with Gasteiger partial charge in [-0.25, -0.2) is 4.68 Å². The minimum absolute atomic E-state index is 0.244. The van der Waals surface area contributed by atoms with E-state index in [9.17, 15) is 4.79 Å². The van der Waals surface area contributed by atoms with Crippen molar-refractivity contribution in [1.29, 1.82) is 0 Å². The van der Waals surface area contributed by atoms with Gasteiger partial charge in [0.2, 0.25) is 0 Å². The van der Waals surface area contributed by atoms with Crippen LogP contribution in [0, 0.1) is 0 Å². The summed E-state index contributed by atoms with van der Waals surface area (Å²) in [5.41, 5.74) is 2.06. The van der Waals surface area contributed by atoms with Crippen LogP contribution in [0.15, 0.2) is 48.8 Å². The van der Waals surface area contributed by atoms with Gasteiger partial charge in [-0.3, -0.25) is 9.89 Å². The van der Waals surface area contributed by atoms with Gasteiger partial charge in [0.1, 0.15) is 10.0 Å². The molecule has 1 amide bonds.